The van der Waals surface area contributed by atoms with E-state index in [2.05, 4.69) is 15.6 Å². The van der Waals surface area contributed by atoms with Gasteiger partial charge in [0.25, 0.3) is 0 Å². The molecule has 1 fully saturated rings. The number of halogens is 2. The second kappa shape index (κ2) is 14.9. The summed E-state index contributed by atoms with van der Waals surface area (Å²) in [5.74, 6) is 2.48. The van der Waals surface area contributed by atoms with Crippen molar-refractivity contribution in [2.75, 3.05) is 53.7 Å². The van der Waals surface area contributed by atoms with E-state index >= 15 is 0 Å². The van der Waals surface area contributed by atoms with Gasteiger partial charge >= 0.3 is 0 Å². The molecule has 0 aliphatic carbocycles. The molecular weight excluding hydrogens is 509 g/mol. The Morgan fingerprint density at radius 3 is 2.83 bits per heavy atom. The van der Waals surface area contributed by atoms with Crippen LogP contribution in [0.1, 0.15) is 25.3 Å². The van der Waals surface area contributed by atoms with Crippen molar-refractivity contribution < 1.29 is 18.9 Å². The molecule has 1 saturated heterocycles. The Labute approximate surface area is 195 Å². The number of hydrogen-bond donors (Lipinski definition) is 2. The van der Waals surface area contributed by atoms with Gasteiger partial charge in [-0.1, -0.05) is 11.6 Å². The summed E-state index contributed by atoms with van der Waals surface area (Å²) >= 11 is 6.32. The fourth-order valence-corrected chi connectivity index (χ4v) is 3.20. The number of nitrogens with one attached hydrogen (secondary N) is 2. The molecule has 2 rings (SSSR count). The summed E-state index contributed by atoms with van der Waals surface area (Å²) in [4.78, 5) is 4.24. The zero-order valence-electron chi connectivity index (χ0n) is 17.5. The molecule has 1 aliphatic rings. The third-order valence-electron chi connectivity index (χ3n) is 4.40. The summed E-state index contributed by atoms with van der Waals surface area (Å²) in [7, 11) is 3.35. The molecule has 0 bridgehead atoms. The minimum atomic E-state index is 0. The van der Waals surface area contributed by atoms with Gasteiger partial charge in [-0.3, -0.25) is 4.99 Å². The molecule has 0 aromatic heterocycles. The fourth-order valence-electron chi connectivity index (χ4n) is 2.91. The molecule has 1 aromatic rings. The number of benzene rings is 1. The lowest BCUT2D eigenvalue weighted by Crippen LogP contribution is -2.37. The number of guanidine groups is 1. The molecule has 9 heteroatoms. The van der Waals surface area contributed by atoms with Gasteiger partial charge in [-0.25, -0.2) is 0 Å². The number of aliphatic imine (C=N–C) groups is 1. The van der Waals surface area contributed by atoms with Crippen molar-refractivity contribution in [1.29, 1.82) is 0 Å². The van der Waals surface area contributed by atoms with Gasteiger partial charge in [-0.05, 0) is 37.5 Å². The van der Waals surface area contributed by atoms with Crippen molar-refractivity contribution in [2.45, 2.75) is 26.3 Å². The van der Waals surface area contributed by atoms with Crippen LogP contribution >= 0.6 is 35.6 Å². The van der Waals surface area contributed by atoms with E-state index in [1.807, 2.05) is 19.1 Å². The van der Waals surface area contributed by atoms with Crippen LogP contribution in [0.25, 0.3) is 0 Å². The largest absolute Gasteiger partial charge is 0.493 e. The normalized spacial score (nSPS) is 16.3. The third kappa shape index (κ3) is 9.15. The summed E-state index contributed by atoms with van der Waals surface area (Å²) in [6.07, 6.45) is 2.02. The van der Waals surface area contributed by atoms with Crippen LogP contribution in [0.5, 0.6) is 11.5 Å². The van der Waals surface area contributed by atoms with Crippen LogP contribution in [0.3, 0.4) is 0 Å². The van der Waals surface area contributed by atoms with Crippen LogP contribution in [0.15, 0.2) is 17.1 Å². The first-order valence-electron chi connectivity index (χ1n) is 9.77. The van der Waals surface area contributed by atoms with E-state index in [1.54, 1.807) is 14.2 Å². The minimum absolute atomic E-state index is 0. The Kier molecular flexibility index (Phi) is 13.4. The van der Waals surface area contributed by atoms with Crippen LogP contribution in [-0.2, 0) is 16.0 Å². The summed E-state index contributed by atoms with van der Waals surface area (Å²) in [5, 5.41) is 7.10. The van der Waals surface area contributed by atoms with Crippen molar-refractivity contribution in [3.63, 3.8) is 0 Å². The van der Waals surface area contributed by atoms with Crippen LogP contribution in [0.2, 0.25) is 5.02 Å². The Bertz CT molecular complexity index is 628. The summed E-state index contributed by atoms with van der Waals surface area (Å²) in [6.45, 7) is 7.00. The molecule has 0 saturated carbocycles. The lowest BCUT2D eigenvalue weighted by atomic mass is 10.1. The SMILES string of the molecule is CCOc1c(Cl)cc(CNC(=NC)NCCCOCC2CCOC2)cc1OC.I. The predicted molar refractivity (Wildman–Crippen MR) is 127 cm³/mol. The summed E-state index contributed by atoms with van der Waals surface area (Å²) in [6, 6.07) is 3.79. The first-order valence-corrected chi connectivity index (χ1v) is 10.1. The molecule has 0 radical (unpaired) electrons. The zero-order chi connectivity index (χ0) is 20.2. The predicted octanol–water partition coefficient (Wildman–Crippen LogP) is 3.47. The second-order valence-corrected chi connectivity index (χ2v) is 6.96. The maximum atomic E-state index is 6.32. The summed E-state index contributed by atoms with van der Waals surface area (Å²) < 4.78 is 22.0. The van der Waals surface area contributed by atoms with E-state index in [4.69, 9.17) is 30.5 Å². The number of hydrogen-bond acceptors (Lipinski definition) is 5. The number of methoxy groups -OCH3 is 1. The van der Waals surface area contributed by atoms with E-state index < -0.39 is 0 Å². The smallest absolute Gasteiger partial charge is 0.191 e. The standard InChI is InChI=1S/C20H32ClN3O4.HI/c1-4-28-19-17(21)10-16(11-18(19)25-3)12-24-20(22-2)23-7-5-8-26-13-15-6-9-27-14-15;/h10-11,15H,4-9,12-14H2,1-3H3,(H2,22,23,24);1H. The molecular formula is C20H33ClIN3O4. The van der Waals surface area contributed by atoms with E-state index in [0.29, 0.717) is 35.6 Å². The van der Waals surface area contributed by atoms with Crippen LogP contribution < -0.4 is 20.1 Å². The van der Waals surface area contributed by atoms with Gasteiger partial charge in [0.2, 0.25) is 0 Å². The Morgan fingerprint density at radius 1 is 1.34 bits per heavy atom. The molecule has 1 aromatic carbocycles. The van der Waals surface area contributed by atoms with Crippen molar-refractivity contribution in [3.05, 3.63) is 22.7 Å². The molecule has 166 valence electrons. The lowest BCUT2D eigenvalue weighted by Gasteiger charge is -2.15. The molecule has 0 amide bonds. The lowest BCUT2D eigenvalue weighted by molar-refractivity contribution is 0.0888. The molecule has 2 N–H and O–H groups in total. The average Bonchev–Trinajstić information content (AvgIpc) is 3.22. The van der Waals surface area contributed by atoms with Gasteiger partial charge in [0.15, 0.2) is 17.5 Å². The van der Waals surface area contributed by atoms with Gasteiger partial charge in [0.05, 0.1) is 32.0 Å². The van der Waals surface area contributed by atoms with E-state index in [-0.39, 0.29) is 24.0 Å². The Hall–Kier alpha value is -0.970. The first kappa shape index (κ1) is 26.1. The highest BCUT2D eigenvalue weighted by atomic mass is 127. The number of rotatable bonds is 11. The monoisotopic (exact) mass is 541 g/mol. The van der Waals surface area contributed by atoms with Crippen molar-refractivity contribution in [3.8, 4) is 11.5 Å². The highest BCUT2D eigenvalue weighted by Gasteiger charge is 2.15. The topological polar surface area (TPSA) is 73.3 Å². The number of ether oxygens (including phenoxy) is 4. The van der Waals surface area contributed by atoms with Crippen LogP contribution in [0, 0.1) is 5.92 Å². The minimum Gasteiger partial charge on any atom is -0.493 e. The number of nitrogens with zero attached hydrogens (tertiary/aromatic N) is 1. The highest BCUT2D eigenvalue weighted by molar-refractivity contribution is 14.0. The third-order valence-corrected chi connectivity index (χ3v) is 4.68. The maximum Gasteiger partial charge on any atom is 0.191 e. The second-order valence-electron chi connectivity index (χ2n) is 6.55. The quantitative estimate of drug-likeness (QED) is 0.193. The molecule has 1 atom stereocenters. The molecule has 1 aliphatic heterocycles. The van der Waals surface area contributed by atoms with Crippen LogP contribution in [0.4, 0.5) is 0 Å². The first-order chi connectivity index (χ1) is 13.7. The van der Waals surface area contributed by atoms with E-state index in [0.717, 1.165) is 57.3 Å². The van der Waals surface area contributed by atoms with Crippen LogP contribution in [-0.4, -0.2) is 59.7 Å². The van der Waals surface area contributed by atoms with Gasteiger partial charge in [0, 0.05) is 39.3 Å². The molecule has 29 heavy (non-hydrogen) atoms. The summed E-state index contributed by atoms with van der Waals surface area (Å²) in [5.41, 5.74) is 0.982. The molecule has 7 nitrogen and oxygen atoms in total. The maximum absolute atomic E-state index is 6.32. The van der Waals surface area contributed by atoms with Crippen molar-refractivity contribution in [1.82, 2.24) is 10.6 Å². The van der Waals surface area contributed by atoms with Gasteiger partial charge in [-0.15, -0.1) is 24.0 Å². The van der Waals surface area contributed by atoms with E-state index in [9.17, 15) is 0 Å². The molecule has 1 heterocycles. The van der Waals surface area contributed by atoms with Gasteiger partial charge in [-0.2, -0.15) is 0 Å². The molecule has 0 spiro atoms. The Balaban J connectivity index is 0.00000420. The zero-order valence-corrected chi connectivity index (χ0v) is 20.5. The highest BCUT2D eigenvalue weighted by Crippen LogP contribution is 2.36. The Morgan fingerprint density at radius 2 is 2.17 bits per heavy atom. The van der Waals surface area contributed by atoms with Crippen molar-refractivity contribution in [2.24, 2.45) is 10.9 Å². The molecule has 1 unspecified atom stereocenters. The van der Waals surface area contributed by atoms with Gasteiger partial charge < -0.3 is 29.6 Å². The fraction of sp³-hybridized carbons (Fsp3) is 0.650. The van der Waals surface area contributed by atoms with Crippen molar-refractivity contribution >= 4 is 41.5 Å². The van der Waals surface area contributed by atoms with Gasteiger partial charge in [0.1, 0.15) is 0 Å². The van der Waals surface area contributed by atoms with E-state index in [1.165, 1.54) is 0 Å². The average molecular weight is 542 g/mol.